The predicted molar refractivity (Wildman–Crippen MR) is 142 cm³/mol. The van der Waals surface area contributed by atoms with Crippen molar-refractivity contribution in [3.8, 4) is 28.7 Å². The van der Waals surface area contributed by atoms with Crippen LogP contribution in [0.1, 0.15) is 29.2 Å². The lowest BCUT2D eigenvalue weighted by molar-refractivity contribution is 0.167. The molecule has 3 aromatic carbocycles. The van der Waals surface area contributed by atoms with E-state index in [4.69, 9.17) is 35.3 Å². The molecule has 0 amide bonds. The van der Waals surface area contributed by atoms with Crippen LogP contribution in [0.4, 0.5) is 0 Å². The van der Waals surface area contributed by atoms with Crippen LogP contribution in [0.3, 0.4) is 0 Å². The standard InChI is InChI=1S/C29H34ClNO5/c1-32-26-11-6-20(17-27(26)33-2)16-25-24-19-29(35-4)28(34-3)18-21(24)12-14-31(25)13-5-15-36-23-9-7-22(30)8-10-23/h6-11,17-19,25H,5,12-16H2,1-4H3. The summed E-state index contributed by atoms with van der Waals surface area (Å²) < 4.78 is 28.2. The van der Waals surface area contributed by atoms with Gasteiger partial charge in [-0.3, -0.25) is 4.90 Å². The number of rotatable bonds is 11. The number of halogens is 1. The van der Waals surface area contributed by atoms with Crippen molar-refractivity contribution in [2.24, 2.45) is 0 Å². The fourth-order valence-electron chi connectivity index (χ4n) is 4.81. The SMILES string of the molecule is COc1ccc(CC2c3cc(OC)c(OC)cc3CCN2CCCOc2ccc(Cl)cc2)cc1OC. The first-order valence-corrected chi connectivity index (χ1v) is 12.5. The van der Waals surface area contributed by atoms with Crippen molar-refractivity contribution in [1.82, 2.24) is 4.90 Å². The lowest BCUT2D eigenvalue weighted by atomic mass is 9.88. The van der Waals surface area contributed by atoms with Crippen LogP contribution in [-0.2, 0) is 12.8 Å². The number of benzene rings is 3. The highest BCUT2D eigenvalue weighted by atomic mass is 35.5. The van der Waals surface area contributed by atoms with Crippen molar-refractivity contribution < 1.29 is 23.7 Å². The molecule has 192 valence electrons. The molecule has 1 unspecified atom stereocenters. The Morgan fingerprint density at radius 2 is 1.47 bits per heavy atom. The predicted octanol–water partition coefficient (Wildman–Crippen LogP) is 5.99. The van der Waals surface area contributed by atoms with E-state index in [0.29, 0.717) is 11.6 Å². The van der Waals surface area contributed by atoms with Gasteiger partial charge in [0.1, 0.15) is 5.75 Å². The largest absolute Gasteiger partial charge is 0.494 e. The van der Waals surface area contributed by atoms with Crippen molar-refractivity contribution in [3.05, 3.63) is 76.3 Å². The zero-order valence-electron chi connectivity index (χ0n) is 21.4. The van der Waals surface area contributed by atoms with E-state index in [9.17, 15) is 0 Å². The molecule has 6 nitrogen and oxygen atoms in total. The minimum Gasteiger partial charge on any atom is -0.494 e. The van der Waals surface area contributed by atoms with E-state index in [1.807, 2.05) is 30.3 Å². The van der Waals surface area contributed by atoms with E-state index in [2.05, 4.69) is 29.2 Å². The molecule has 0 fully saturated rings. The van der Waals surface area contributed by atoms with Gasteiger partial charge >= 0.3 is 0 Å². The van der Waals surface area contributed by atoms with E-state index in [-0.39, 0.29) is 6.04 Å². The summed E-state index contributed by atoms with van der Waals surface area (Å²) in [7, 11) is 6.69. The summed E-state index contributed by atoms with van der Waals surface area (Å²) in [5.74, 6) is 3.82. The highest BCUT2D eigenvalue weighted by Gasteiger charge is 2.29. The number of methoxy groups -OCH3 is 4. The Balaban J connectivity index is 1.55. The molecule has 1 heterocycles. The van der Waals surface area contributed by atoms with Crippen LogP contribution in [0.25, 0.3) is 0 Å². The van der Waals surface area contributed by atoms with Gasteiger partial charge in [0.05, 0.1) is 35.0 Å². The van der Waals surface area contributed by atoms with Gasteiger partial charge in [-0.2, -0.15) is 0 Å². The number of hydrogen-bond acceptors (Lipinski definition) is 6. The van der Waals surface area contributed by atoms with E-state index in [1.165, 1.54) is 16.7 Å². The average molecular weight is 512 g/mol. The molecule has 1 aliphatic rings. The highest BCUT2D eigenvalue weighted by molar-refractivity contribution is 6.30. The molecule has 7 heteroatoms. The molecular weight excluding hydrogens is 478 g/mol. The molecule has 4 rings (SSSR count). The number of fused-ring (bicyclic) bond motifs is 1. The van der Waals surface area contributed by atoms with E-state index >= 15 is 0 Å². The molecule has 1 atom stereocenters. The van der Waals surface area contributed by atoms with Crippen LogP contribution in [-0.4, -0.2) is 53.0 Å². The van der Waals surface area contributed by atoms with E-state index in [1.54, 1.807) is 28.4 Å². The first-order chi connectivity index (χ1) is 17.6. The summed E-state index contributed by atoms with van der Waals surface area (Å²) in [6, 6.07) is 18.1. The fourth-order valence-corrected chi connectivity index (χ4v) is 4.93. The Morgan fingerprint density at radius 1 is 0.806 bits per heavy atom. The summed E-state index contributed by atoms with van der Waals surface area (Å²) in [5, 5.41) is 0.708. The molecule has 0 aliphatic carbocycles. The Kier molecular flexibility index (Phi) is 8.83. The second-order valence-electron chi connectivity index (χ2n) is 8.76. The normalized spacial score (nSPS) is 15.2. The summed E-state index contributed by atoms with van der Waals surface area (Å²) in [6.07, 6.45) is 2.70. The Bertz CT molecular complexity index is 1150. The molecule has 0 N–H and O–H groups in total. The van der Waals surface area contributed by atoms with Crippen LogP contribution < -0.4 is 23.7 Å². The minimum absolute atomic E-state index is 0.183. The maximum Gasteiger partial charge on any atom is 0.161 e. The third kappa shape index (κ3) is 6.00. The molecule has 0 saturated heterocycles. The Morgan fingerprint density at radius 3 is 2.17 bits per heavy atom. The number of nitrogens with zero attached hydrogens (tertiary/aromatic N) is 1. The van der Waals surface area contributed by atoms with Gasteiger partial charge in [-0.1, -0.05) is 17.7 Å². The minimum atomic E-state index is 0.183. The van der Waals surface area contributed by atoms with E-state index in [0.717, 1.165) is 61.1 Å². The molecular formula is C29H34ClNO5. The second-order valence-corrected chi connectivity index (χ2v) is 9.19. The van der Waals surface area contributed by atoms with Gasteiger partial charge in [0.15, 0.2) is 23.0 Å². The number of ether oxygens (including phenoxy) is 5. The highest BCUT2D eigenvalue weighted by Crippen LogP contribution is 2.40. The summed E-state index contributed by atoms with van der Waals surface area (Å²) in [5.41, 5.74) is 3.75. The quantitative estimate of drug-likeness (QED) is 0.295. The molecule has 0 aromatic heterocycles. The molecule has 0 saturated carbocycles. The van der Waals surface area contributed by atoms with Crippen molar-refractivity contribution in [2.75, 3.05) is 48.1 Å². The molecule has 1 aliphatic heterocycles. The fraction of sp³-hybridized carbons (Fsp3) is 0.379. The van der Waals surface area contributed by atoms with Crippen LogP contribution >= 0.6 is 11.6 Å². The summed E-state index contributed by atoms with van der Waals surface area (Å²) in [6.45, 7) is 2.51. The summed E-state index contributed by atoms with van der Waals surface area (Å²) in [4.78, 5) is 2.54. The van der Waals surface area contributed by atoms with Crippen molar-refractivity contribution in [3.63, 3.8) is 0 Å². The molecule has 3 aromatic rings. The topological polar surface area (TPSA) is 49.4 Å². The summed E-state index contributed by atoms with van der Waals surface area (Å²) >= 11 is 5.98. The number of hydrogen-bond donors (Lipinski definition) is 0. The van der Waals surface area contributed by atoms with Gasteiger partial charge in [0.25, 0.3) is 0 Å². The van der Waals surface area contributed by atoms with Gasteiger partial charge in [-0.25, -0.2) is 0 Å². The van der Waals surface area contributed by atoms with Gasteiger partial charge < -0.3 is 23.7 Å². The monoisotopic (exact) mass is 511 g/mol. The molecule has 0 spiro atoms. The zero-order valence-corrected chi connectivity index (χ0v) is 22.1. The maximum atomic E-state index is 5.98. The second kappa shape index (κ2) is 12.2. The first-order valence-electron chi connectivity index (χ1n) is 12.1. The van der Waals surface area contributed by atoms with Gasteiger partial charge in [-0.15, -0.1) is 0 Å². The Hall–Kier alpha value is -3.09. The average Bonchev–Trinajstić information content (AvgIpc) is 2.92. The van der Waals surface area contributed by atoms with Crippen molar-refractivity contribution in [2.45, 2.75) is 25.3 Å². The van der Waals surface area contributed by atoms with Crippen LogP contribution in [0.5, 0.6) is 28.7 Å². The van der Waals surface area contributed by atoms with Crippen LogP contribution in [0.15, 0.2) is 54.6 Å². The Labute approximate surface area is 218 Å². The smallest absolute Gasteiger partial charge is 0.161 e. The lowest BCUT2D eigenvalue weighted by Crippen LogP contribution is -2.37. The van der Waals surface area contributed by atoms with Gasteiger partial charge in [-0.05, 0) is 84.5 Å². The van der Waals surface area contributed by atoms with E-state index < -0.39 is 0 Å². The van der Waals surface area contributed by atoms with Crippen LogP contribution in [0, 0.1) is 0 Å². The van der Waals surface area contributed by atoms with Crippen molar-refractivity contribution >= 4 is 11.6 Å². The first kappa shape index (κ1) is 26.0. The van der Waals surface area contributed by atoms with Gasteiger partial charge in [0, 0.05) is 24.2 Å². The lowest BCUT2D eigenvalue weighted by Gasteiger charge is -2.38. The van der Waals surface area contributed by atoms with Crippen molar-refractivity contribution in [1.29, 1.82) is 0 Å². The van der Waals surface area contributed by atoms with Gasteiger partial charge in [0.2, 0.25) is 0 Å². The zero-order chi connectivity index (χ0) is 25.5. The third-order valence-corrected chi connectivity index (χ3v) is 6.91. The third-order valence-electron chi connectivity index (χ3n) is 6.66. The molecule has 0 bridgehead atoms. The molecule has 0 radical (unpaired) electrons. The van der Waals surface area contributed by atoms with Crippen LogP contribution in [0.2, 0.25) is 5.02 Å². The molecule has 36 heavy (non-hydrogen) atoms. The maximum absolute atomic E-state index is 5.98.